The van der Waals surface area contributed by atoms with Crippen LogP contribution in [0.3, 0.4) is 0 Å². The molecule has 1 fully saturated rings. The van der Waals surface area contributed by atoms with Crippen molar-refractivity contribution in [3.05, 3.63) is 29.6 Å². The summed E-state index contributed by atoms with van der Waals surface area (Å²) in [6.45, 7) is 8.62. The molecule has 1 aliphatic heterocycles. The fourth-order valence-electron chi connectivity index (χ4n) is 2.49. The van der Waals surface area contributed by atoms with Gasteiger partial charge < -0.3 is 14.8 Å². The second-order valence-electron chi connectivity index (χ2n) is 6.25. The SMILES string of the molecule is Cc1ccc(F)c(OCC2CCC(CNCC(C)C)O2)c1. The van der Waals surface area contributed by atoms with Crippen molar-refractivity contribution in [3.63, 3.8) is 0 Å². The Morgan fingerprint density at radius 1 is 1.33 bits per heavy atom. The predicted molar refractivity (Wildman–Crippen MR) is 82.2 cm³/mol. The number of aryl methyl sites for hydroxylation is 1. The lowest BCUT2D eigenvalue weighted by Gasteiger charge is -2.16. The van der Waals surface area contributed by atoms with Crippen molar-refractivity contribution in [1.29, 1.82) is 0 Å². The number of nitrogens with one attached hydrogen (secondary N) is 1. The molecular formula is C17H26FNO2. The van der Waals surface area contributed by atoms with Gasteiger partial charge in [0.25, 0.3) is 0 Å². The molecule has 4 heteroatoms. The molecule has 1 aromatic rings. The molecule has 0 aromatic heterocycles. The largest absolute Gasteiger partial charge is 0.488 e. The van der Waals surface area contributed by atoms with Crippen molar-refractivity contribution in [2.75, 3.05) is 19.7 Å². The lowest BCUT2D eigenvalue weighted by molar-refractivity contribution is 0.0176. The van der Waals surface area contributed by atoms with Crippen LogP contribution in [0.2, 0.25) is 0 Å². The number of hydrogen-bond donors (Lipinski definition) is 1. The fourth-order valence-corrected chi connectivity index (χ4v) is 2.49. The van der Waals surface area contributed by atoms with Gasteiger partial charge in [-0.05, 0) is 49.9 Å². The lowest BCUT2D eigenvalue weighted by atomic mass is 10.2. The summed E-state index contributed by atoms with van der Waals surface area (Å²) in [7, 11) is 0. The van der Waals surface area contributed by atoms with Gasteiger partial charge in [-0.25, -0.2) is 4.39 Å². The molecule has 0 aliphatic carbocycles. The smallest absolute Gasteiger partial charge is 0.165 e. The quantitative estimate of drug-likeness (QED) is 0.837. The number of rotatable bonds is 7. The van der Waals surface area contributed by atoms with Crippen molar-refractivity contribution >= 4 is 0 Å². The zero-order valence-corrected chi connectivity index (χ0v) is 13.2. The summed E-state index contributed by atoms with van der Waals surface area (Å²) in [5, 5.41) is 3.41. The van der Waals surface area contributed by atoms with Crippen LogP contribution in [0.4, 0.5) is 4.39 Å². The molecule has 118 valence electrons. The van der Waals surface area contributed by atoms with Gasteiger partial charge in [-0.2, -0.15) is 0 Å². The van der Waals surface area contributed by atoms with E-state index in [0.717, 1.165) is 31.5 Å². The third-order valence-electron chi connectivity index (χ3n) is 3.63. The first-order valence-corrected chi connectivity index (χ1v) is 7.79. The van der Waals surface area contributed by atoms with Crippen molar-refractivity contribution in [3.8, 4) is 5.75 Å². The summed E-state index contributed by atoms with van der Waals surface area (Å²) in [6, 6.07) is 4.91. The molecule has 1 heterocycles. The van der Waals surface area contributed by atoms with Gasteiger partial charge in [0.1, 0.15) is 6.61 Å². The zero-order chi connectivity index (χ0) is 15.2. The first-order valence-electron chi connectivity index (χ1n) is 7.79. The highest BCUT2D eigenvalue weighted by atomic mass is 19.1. The van der Waals surface area contributed by atoms with E-state index in [0.29, 0.717) is 18.3 Å². The molecule has 0 spiro atoms. The Morgan fingerprint density at radius 2 is 2.10 bits per heavy atom. The minimum atomic E-state index is -0.311. The molecule has 0 saturated carbocycles. The molecule has 2 atom stereocenters. The molecular weight excluding hydrogens is 269 g/mol. The Morgan fingerprint density at radius 3 is 2.86 bits per heavy atom. The third-order valence-corrected chi connectivity index (χ3v) is 3.63. The van der Waals surface area contributed by atoms with Crippen LogP contribution in [0.25, 0.3) is 0 Å². The first kappa shape index (κ1) is 16.2. The lowest BCUT2D eigenvalue weighted by Crippen LogP contribution is -2.30. The molecule has 2 unspecified atom stereocenters. The standard InChI is InChI=1S/C17H26FNO2/c1-12(2)9-19-10-14-5-6-15(21-14)11-20-17-8-13(3)4-7-16(17)18/h4,7-8,12,14-15,19H,5-6,9-11H2,1-3H3. The van der Waals surface area contributed by atoms with Gasteiger partial charge in [-0.3, -0.25) is 0 Å². The van der Waals surface area contributed by atoms with Gasteiger partial charge >= 0.3 is 0 Å². The molecule has 21 heavy (non-hydrogen) atoms. The van der Waals surface area contributed by atoms with Crippen LogP contribution >= 0.6 is 0 Å². The zero-order valence-electron chi connectivity index (χ0n) is 13.2. The van der Waals surface area contributed by atoms with Crippen molar-refractivity contribution in [2.24, 2.45) is 5.92 Å². The minimum absolute atomic E-state index is 0.0655. The van der Waals surface area contributed by atoms with Crippen molar-refractivity contribution in [1.82, 2.24) is 5.32 Å². The summed E-state index contributed by atoms with van der Waals surface area (Å²) in [6.07, 6.45) is 2.33. The summed E-state index contributed by atoms with van der Waals surface area (Å²) < 4.78 is 25.1. The molecule has 3 nitrogen and oxygen atoms in total. The molecule has 0 radical (unpaired) electrons. The Balaban J connectivity index is 1.71. The van der Waals surface area contributed by atoms with E-state index < -0.39 is 0 Å². The maximum absolute atomic E-state index is 13.6. The van der Waals surface area contributed by atoms with E-state index in [2.05, 4.69) is 19.2 Å². The van der Waals surface area contributed by atoms with E-state index >= 15 is 0 Å². The number of ether oxygens (including phenoxy) is 2. The summed E-state index contributed by atoms with van der Waals surface area (Å²) in [5.41, 5.74) is 0.995. The highest BCUT2D eigenvalue weighted by Crippen LogP contribution is 2.23. The Labute approximate surface area is 126 Å². The Kier molecular flexibility index (Phi) is 6.00. The van der Waals surface area contributed by atoms with Crippen molar-refractivity contribution in [2.45, 2.75) is 45.8 Å². The second-order valence-corrected chi connectivity index (χ2v) is 6.25. The Bertz CT molecular complexity index is 450. The van der Waals surface area contributed by atoms with Crippen LogP contribution in [0.15, 0.2) is 18.2 Å². The topological polar surface area (TPSA) is 30.5 Å². The second kappa shape index (κ2) is 7.76. The van der Waals surface area contributed by atoms with Gasteiger partial charge in [0.05, 0.1) is 12.2 Å². The number of halogens is 1. The van der Waals surface area contributed by atoms with E-state index in [1.54, 1.807) is 12.1 Å². The van der Waals surface area contributed by atoms with Gasteiger partial charge in [0.15, 0.2) is 11.6 Å². The van der Waals surface area contributed by atoms with Gasteiger partial charge in [-0.15, -0.1) is 0 Å². The van der Waals surface area contributed by atoms with Gasteiger partial charge in [0, 0.05) is 6.54 Å². The molecule has 1 aliphatic rings. The third kappa shape index (κ3) is 5.29. The van der Waals surface area contributed by atoms with Crippen molar-refractivity contribution < 1.29 is 13.9 Å². The van der Waals surface area contributed by atoms with Gasteiger partial charge in [-0.1, -0.05) is 19.9 Å². The van der Waals surface area contributed by atoms with Crippen LogP contribution in [0, 0.1) is 18.7 Å². The number of hydrogen-bond acceptors (Lipinski definition) is 3. The summed E-state index contributed by atoms with van der Waals surface area (Å²) >= 11 is 0. The predicted octanol–water partition coefficient (Wildman–Crippen LogP) is 3.31. The summed E-state index contributed by atoms with van der Waals surface area (Å²) in [4.78, 5) is 0. The monoisotopic (exact) mass is 295 g/mol. The maximum atomic E-state index is 13.6. The van der Waals surface area contributed by atoms with E-state index in [9.17, 15) is 4.39 Å². The van der Waals surface area contributed by atoms with E-state index in [4.69, 9.17) is 9.47 Å². The fraction of sp³-hybridized carbons (Fsp3) is 0.647. The van der Waals surface area contributed by atoms with Crippen LogP contribution in [0.1, 0.15) is 32.3 Å². The molecule has 0 amide bonds. The normalized spacial score (nSPS) is 22.0. The first-order chi connectivity index (χ1) is 10.0. The maximum Gasteiger partial charge on any atom is 0.165 e. The summed E-state index contributed by atoms with van der Waals surface area (Å²) in [5.74, 6) is 0.656. The number of benzene rings is 1. The average molecular weight is 295 g/mol. The van der Waals surface area contributed by atoms with E-state index in [1.807, 2.05) is 6.92 Å². The Hall–Kier alpha value is -1.13. The van der Waals surface area contributed by atoms with Crippen LogP contribution < -0.4 is 10.1 Å². The minimum Gasteiger partial charge on any atom is -0.488 e. The van der Waals surface area contributed by atoms with Gasteiger partial charge in [0.2, 0.25) is 0 Å². The molecule has 1 N–H and O–H groups in total. The highest BCUT2D eigenvalue weighted by Gasteiger charge is 2.25. The van der Waals surface area contributed by atoms with E-state index in [1.165, 1.54) is 6.07 Å². The molecule has 0 bridgehead atoms. The van der Waals surface area contributed by atoms with Crippen LogP contribution in [-0.2, 0) is 4.74 Å². The van der Waals surface area contributed by atoms with Crippen LogP contribution in [-0.4, -0.2) is 31.9 Å². The molecule has 1 saturated heterocycles. The molecule has 1 aromatic carbocycles. The van der Waals surface area contributed by atoms with E-state index in [-0.39, 0.29) is 18.0 Å². The highest BCUT2D eigenvalue weighted by molar-refractivity contribution is 5.29. The van der Waals surface area contributed by atoms with Crippen LogP contribution in [0.5, 0.6) is 5.75 Å². The average Bonchev–Trinajstić information content (AvgIpc) is 2.87. The molecule has 2 rings (SSSR count).